The van der Waals surface area contributed by atoms with Crippen molar-refractivity contribution in [3.05, 3.63) is 0 Å². The molecule has 0 N–H and O–H groups in total. The molecule has 1 saturated heterocycles. The molecule has 128 valence electrons. The van der Waals surface area contributed by atoms with Crippen LogP contribution in [-0.4, -0.2) is 43.3 Å². The monoisotopic (exact) mass is 322 g/mol. The van der Waals surface area contributed by atoms with Crippen molar-refractivity contribution in [2.45, 2.75) is 51.5 Å². The SMILES string of the molecule is CCOC(=O)[C@@H]1C[C@H]2CC(CCC#N)CC[C@@H]2CN1C(=O)OC. The number of piperidine rings is 1. The topological polar surface area (TPSA) is 79.6 Å². The van der Waals surface area contributed by atoms with Crippen molar-refractivity contribution in [2.24, 2.45) is 17.8 Å². The zero-order chi connectivity index (χ0) is 16.8. The molecule has 4 atom stereocenters. The largest absolute Gasteiger partial charge is 0.464 e. The maximum atomic E-state index is 12.2. The molecule has 0 radical (unpaired) electrons. The lowest BCUT2D eigenvalue weighted by molar-refractivity contribution is -0.152. The highest BCUT2D eigenvalue weighted by Gasteiger charge is 2.44. The van der Waals surface area contributed by atoms with E-state index in [0.717, 1.165) is 25.7 Å². The Morgan fingerprint density at radius 1 is 1.26 bits per heavy atom. The third-order valence-electron chi connectivity index (χ3n) is 5.21. The molecule has 23 heavy (non-hydrogen) atoms. The zero-order valence-electron chi connectivity index (χ0n) is 14.0. The molecule has 1 aliphatic heterocycles. The lowest BCUT2D eigenvalue weighted by Crippen LogP contribution is -2.55. The molecule has 2 rings (SSSR count). The summed E-state index contributed by atoms with van der Waals surface area (Å²) in [5.41, 5.74) is 0. The molecule has 0 spiro atoms. The first kappa shape index (κ1) is 17.6. The summed E-state index contributed by atoms with van der Waals surface area (Å²) in [5.74, 6) is 1.06. The van der Waals surface area contributed by atoms with E-state index in [1.165, 1.54) is 12.0 Å². The number of rotatable bonds is 4. The molecular formula is C17H26N2O4. The predicted octanol–water partition coefficient (Wildman–Crippen LogP) is 2.73. The summed E-state index contributed by atoms with van der Waals surface area (Å²) in [6.07, 6.45) is 4.90. The summed E-state index contributed by atoms with van der Waals surface area (Å²) in [4.78, 5) is 25.8. The summed E-state index contributed by atoms with van der Waals surface area (Å²) in [7, 11) is 1.34. The van der Waals surface area contributed by atoms with E-state index in [9.17, 15) is 9.59 Å². The number of ether oxygens (including phenoxy) is 2. The van der Waals surface area contributed by atoms with Crippen LogP contribution in [0.2, 0.25) is 0 Å². The van der Waals surface area contributed by atoms with Crippen molar-refractivity contribution in [3.8, 4) is 6.07 Å². The predicted molar refractivity (Wildman–Crippen MR) is 83.3 cm³/mol. The van der Waals surface area contributed by atoms with Gasteiger partial charge in [-0.3, -0.25) is 4.90 Å². The van der Waals surface area contributed by atoms with Crippen molar-refractivity contribution in [2.75, 3.05) is 20.3 Å². The second-order valence-electron chi connectivity index (χ2n) is 6.52. The number of carbonyl (C=O) groups excluding carboxylic acids is 2. The fourth-order valence-corrected chi connectivity index (χ4v) is 4.06. The van der Waals surface area contributed by atoms with Gasteiger partial charge in [0.1, 0.15) is 6.04 Å². The molecule has 6 nitrogen and oxygen atoms in total. The number of fused-ring (bicyclic) bond motifs is 1. The summed E-state index contributed by atoms with van der Waals surface area (Å²) in [5, 5.41) is 8.76. The van der Waals surface area contributed by atoms with Gasteiger partial charge in [0.15, 0.2) is 0 Å². The van der Waals surface area contributed by atoms with E-state index in [1.807, 2.05) is 0 Å². The molecule has 0 aromatic heterocycles. The number of amides is 1. The maximum absolute atomic E-state index is 12.2. The highest BCUT2D eigenvalue weighted by atomic mass is 16.6. The Labute approximate surface area is 137 Å². The van der Waals surface area contributed by atoms with E-state index >= 15 is 0 Å². The van der Waals surface area contributed by atoms with Crippen LogP contribution in [0.4, 0.5) is 4.79 Å². The molecule has 1 heterocycles. The summed E-state index contributed by atoms with van der Waals surface area (Å²) in [6.45, 7) is 2.64. The number of methoxy groups -OCH3 is 1. The van der Waals surface area contributed by atoms with Crippen LogP contribution >= 0.6 is 0 Å². The molecule has 0 bridgehead atoms. The first-order chi connectivity index (χ1) is 11.1. The maximum Gasteiger partial charge on any atom is 0.410 e. The van der Waals surface area contributed by atoms with Gasteiger partial charge in [-0.25, -0.2) is 9.59 Å². The van der Waals surface area contributed by atoms with Crippen LogP contribution in [0, 0.1) is 29.1 Å². The Morgan fingerprint density at radius 3 is 2.70 bits per heavy atom. The smallest absolute Gasteiger partial charge is 0.410 e. The van der Waals surface area contributed by atoms with Crippen LogP contribution in [-0.2, 0) is 14.3 Å². The van der Waals surface area contributed by atoms with E-state index in [1.54, 1.807) is 6.92 Å². The number of hydrogen-bond donors (Lipinski definition) is 0. The lowest BCUT2D eigenvalue weighted by Gasteiger charge is -2.46. The zero-order valence-corrected chi connectivity index (χ0v) is 14.0. The minimum atomic E-state index is -0.543. The number of carbonyl (C=O) groups is 2. The number of likely N-dealkylation sites (tertiary alicyclic amines) is 1. The number of hydrogen-bond acceptors (Lipinski definition) is 5. The van der Waals surface area contributed by atoms with E-state index in [0.29, 0.717) is 43.7 Å². The number of esters is 1. The molecule has 6 heteroatoms. The molecule has 1 aliphatic carbocycles. The van der Waals surface area contributed by atoms with Crippen molar-refractivity contribution in [1.82, 2.24) is 4.90 Å². The van der Waals surface area contributed by atoms with Crippen LogP contribution in [0.25, 0.3) is 0 Å². The Morgan fingerprint density at radius 2 is 2.04 bits per heavy atom. The summed E-state index contributed by atoms with van der Waals surface area (Å²) in [6, 6.07) is 1.67. The quantitative estimate of drug-likeness (QED) is 0.744. The van der Waals surface area contributed by atoms with Crippen LogP contribution in [0.3, 0.4) is 0 Å². The Kier molecular flexibility index (Phi) is 6.26. The molecule has 0 aromatic rings. The van der Waals surface area contributed by atoms with E-state index in [-0.39, 0.29) is 5.97 Å². The second kappa shape index (κ2) is 8.19. The minimum absolute atomic E-state index is 0.309. The Hall–Kier alpha value is -1.77. The van der Waals surface area contributed by atoms with Gasteiger partial charge in [0.25, 0.3) is 0 Å². The molecule has 1 unspecified atom stereocenters. The standard InChI is InChI=1S/C17H26N2O4/c1-3-23-16(20)15-10-14-9-12(5-4-8-18)6-7-13(14)11-19(15)17(21)22-2/h12-15H,3-7,9-11H2,1-2H3/t12?,13-,14-,15+/m1/s1. The third kappa shape index (κ3) is 4.15. The first-order valence-electron chi connectivity index (χ1n) is 8.48. The molecule has 2 aliphatic rings. The van der Waals surface area contributed by atoms with Crippen molar-refractivity contribution in [3.63, 3.8) is 0 Å². The third-order valence-corrected chi connectivity index (χ3v) is 5.21. The minimum Gasteiger partial charge on any atom is -0.464 e. The Balaban J connectivity index is 2.06. The van der Waals surface area contributed by atoms with Crippen molar-refractivity contribution in [1.29, 1.82) is 5.26 Å². The summed E-state index contributed by atoms with van der Waals surface area (Å²) >= 11 is 0. The van der Waals surface area contributed by atoms with Gasteiger partial charge in [-0.15, -0.1) is 0 Å². The van der Waals surface area contributed by atoms with E-state index in [2.05, 4.69) is 6.07 Å². The molecule has 2 fully saturated rings. The average molecular weight is 322 g/mol. The fourth-order valence-electron chi connectivity index (χ4n) is 4.06. The molecule has 0 aromatic carbocycles. The van der Waals surface area contributed by atoms with Crippen LogP contribution in [0.1, 0.15) is 45.4 Å². The van der Waals surface area contributed by atoms with Crippen molar-refractivity contribution < 1.29 is 19.1 Å². The van der Waals surface area contributed by atoms with Crippen LogP contribution < -0.4 is 0 Å². The van der Waals surface area contributed by atoms with Crippen molar-refractivity contribution >= 4 is 12.1 Å². The van der Waals surface area contributed by atoms with Gasteiger partial charge in [0.2, 0.25) is 0 Å². The van der Waals surface area contributed by atoms with Gasteiger partial charge < -0.3 is 9.47 Å². The van der Waals surface area contributed by atoms with Gasteiger partial charge in [0, 0.05) is 13.0 Å². The van der Waals surface area contributed by atoms with Gasteiger partial charge in [-0.1, -0.05) is 6.42 Å². The second-order valence-corrected chi connectivity index (χ2v) is 6.52. The number of nitrogens with zero attached hydrogens (tertiary/aromatic N) is 2. The summed E-state index contributed by atoms with van der Waals surface area (Å²) < 4.78 is 9.99. The molecule has 1 amide bonds. The highest BCUT2D eigenvalue weighted by molar-refractivity contribution is 5.81. The number of nitriles is 1. The highest BCUT2D eigenvalue weighted by Crippen LogP contribution is 2.42. The lowest BCUT2D eigenvalue weighted by atomic mass is 9.68. The first-order valence-corrected chi connectivity index (χ1v) is 8.48. The van der Waals surface area contributed by atoms with Gasteiger partial charge in [-0.2, -0.15) is 5.26 Å². The average Bonchev–Trinajstić information content (AvgIpc) is 2.58. The van der Waals surface area contributed by atoms with E-state index < -0.39 is 12.1 Å². The van der Waals surface area contributed by atoms with Crippen LogP contribution in [0.5, 0.6) is 0 Å². The normalized spacial score (nSPS) is 30.0. The van der Waals surface area contributed by atoms with Gasteiger partial charge >= 0.3 is 12.1 Å². The fraction of sp³-hybridized carbons (Fsp3) is 0.824. The van der Waals surface area contributed by atoms with Crippen LogP contribution in [0.15, 0.2) is 0 Å². The van der Waals surface area contributed by atoms with Gasteiger partial charge in [-0.05, 0) is 50.4 Å². The Bertz CT molecular complexity index is 474. The molecular weight excluding hydrogens is 296 g/mol. The van der Waals surface area contributed by atoms with E-state index in [4.69, 9.17) is 14.7 Å². The van der Waals surface area contributed by atoms with Gasteiger partial charge in [0.05, 0.1) is 19.8 Å². The molecule has 1 saturated carbocycles.